The number of nitrogens with zero attached hydrogens (tertiary/aromatic N) is 1. The molecule has 2 aromatic rings. The Morgan fingerprint density at radius 3 is 2.65 bits per heavy atom. The monoisotopic (exact) mass is 307 g/mol. The van der Waals surface area contributed by atoms with Gasteiger partial charge < -0.3 is 4.74 Å². The number of amides is 1. The summed E-state index contributed by atoms with van der Waals surface area (Å²) in [6.45, 7) is 6.16. The van der Waals surface area contributed by atoms with Gasteiger partial charge in [-0.15, -0.1) is 6.58 Å². The van der Waals surface area contributed by atoms with Gasteiger partial charge in [-0.25, -0.2) is 4.79 Å². The summed E-state index contributed by atoms with van der Waals surface area (Å²) >= 11 is 0. The Kier molecular flexibility index (Phi) is 5.75. The normalized spacial score (nSPS) is 10.5. The summed E-state index contributed by atoms with van der Waals surface area (Å²) in [6, 6.07) is 16.0. The molecule has 0 N–H and O–H groups in total. The topological polar surface area (TPSA) is 29.5 Å². The van der Waals surface area contributed by atoms with E-state index in [-0.39, 0.29) is 0 Å². The lowest BCUT2D eigenvalue weighted by Gasteiger charge is -2.21. The third-order valence-corrected chi connectivity index (χ3v) is 3.43. The molecule has 0 aliphatic rings. The highest BCUT2D eigenvalue weighted by Gasteiger charge is 2.16. The van der Waals surface area contributed by atoms with E-state index in [2.05, 4.69) is 25.6 Å². The van der Waals surface area contributed by atoms with Gasteiger partial charge in [0.25, 0.3) is 0 Å². The average molecular weight is 307 g/mol. The van der Waals surface area contributed by atoms with Crippen molar-refractivity contribution >= 4 is 23.9 Å². The van der Waals surface area contributed by atoms with Crippen LogP contribution in [0.5, 0.6) is 0 Å². The predicted molar refractivity (Wildman–Crippen MR) is 96.5 cm³/mol. The van der Waals surface area contributed by atoms with Crippen molar-refractivity contribution < 1.29 is 9.53 Å². The first kappa shape index (κ1) is 16.6. The molecule has 0 fully saturated rings. The maximum Gasteiger partial charge on any atom is 0.414 e. The van der Waals surface area contributed by atoms with E-state index >= 15 is 0 Å². The van der Waals surface area contributed by atoms with Crippen molar-refractivity contribution in [2.45, 2.75) is 6.92 Å². The van der Waals surface area contributed by atoms with Crippen molar-refractivity contribution in [2.24, 2.45) is 0 Å². The van der Waals surface area contributed by atoms with Gasteiger partial charge >= 0.3 is 6.09 Å². The summed E-state index contributed by atoms with van der Waals surface area (Å²) in [5, 5.41) is 0. The minimum atomic E-state index is -0.402. The second-order valence-corrected chi connectivity index (χ2v) is 5.18. The molecule has 0 aliphatic carbocycles. The number of carbonyl (C=O) groups excluding carboxylic acids is 1. The van der Waals surface area contributed by atoms with Crippen LogP contribution in [-0.4, -0.2) is 19.7 Å². The quantitative estimate of drug-likeness (QED) is 0.579. The van der Waals surface area contributed by atoms with E-state index in [1.54, 1.807) is 11.0 Å². The summed E-state index contributed by atoms with van der Waals surface area (Å²) < 4.78 is 4.87. The lowest BCUT2D eigenvalue weighted by molar-refractivity contribution is 0.179. The molecule has 0 radical (unpaired) electrons. The highest BCUT2D eigenvalue weighted by molar-refractivity contribution is 5.92. The van der Waals surface area contributed by atoms with Crippen molar-refractivity contribution in [3.8, 4) is 0 Å². The Morgan fingerprint density at radius 2 is 1.96 bits per heavy atom. The smallest absolute Gasteiger partial charge is 0.414 e. The summed E-state index contributed by atoms with van der Waals surface area (Å²) in [4.78, 5) is 13.6. The maximum absolute atomic E-state index is 12.0. The molecule has 0 aromatic heterocycles. The van der Waals surface area contributed by atoms with E-state index in [0.717, 1.165) is 16.8 Å². The zero-order valence-electron chi connectivity index (χ0n) is 13.5. The average Bonchev–Trinajstić information content (AvgIpc) is 2.58. The first-order chi connectivity index (χ1) is 11.2. The van der Waals surface area contributed by atoms with Gasteiger partial charge in [0, 0.05) is 6.54 Å². The van der Waals surface area contributed by atoms with E-state index in [1.165, 1.54) is 12.7 Å². The second-order valence-electron chi connectivity index (χ2n) is 5.18. The molecule has 0 atom stereocenters. The summed E-state index contributed by atoms with van der Waals surface area (Å²) in [5.41, 5.74) is 4.07. The van der Waals surface area contributed by atoms with Crippen LogP contribution >= 0.6 is 0 Å². The Hall–Kier alpha value is -2.81. The number of para-hydroxylation sites is 1. The van der Waals surface area contributed by atoms with E-state index in [1.807, 2.05) is 48.6 Å². The fourth-order valence-corrected chi connectivity index (χ4v) is 2.34. The number of benzene rings is 2. The first-order valence-electron chi connectivity index (χ1n) is 7.46. The molecule has 0 saturated heterocycles. The van der Waals surface area contributed by atoms with Gasteiger partial charge in [0.15, 0.2) is 0 Å². The summed E-state index contributed by atoms with van der Waals surface area (Å²) in [7, 11) is 1.38. The minimum Gasteiger partial charge on any atom is -0.452 e. The number of rotatable bonds is 5. The van der Waals surface area contributed by atoms with Gasteiger partial charge in [0.05, 0.1) is 12.8 Å². The van der Waals surface area contributed by atoms with E-state index in [0.29, 0.717) is 6.54 Å². The summed E-state index contributed by atoms with van der Waals surface area (Å²) in [5.74, 6) is 0. The zero-order chi connectivity index (χ0) is 16.7. The van der Waals surface area contributed by atoms with Gasteiger partial charge in [-0.2, -0.15) is 0 Å². The SMILES string of the molecule is C=CCN(C(=O)OC)c1ccccc1C=Cc1cccc(C)c1. The maximum atomic E-state index is 12.0. The van der Waals surface area contributed by atoms with Crippen molar-refractivity contribution in [3.05, 3.63) is 77.9 Å². The molecule has 1 amide bonds. The zero-order valence-corrected chi connectivity index (χ0v) is 13.5. The van der Waals surface area contributed by atoms with Gasteiger partial charge in [-0.1, -0.05) is 66.3 Å². The van der Waals surface area contributed by atoms with Crippen LogP contribution in [0.15, 0.2) is 61.2 Å². The molecule has 0 spiro atoms. The van der Waals surface area contributed by atoms with Gasteiger partial charge in [-0.3, -0.25) is 4.90 Å². The standard InChI is InChI=1S/C20H21NO2/c1-4-14-21(20(22)23-3)19-11-6-5-10-18(19)13-12-17-9-7-8-16(2)15-17/h4-13,15H,1,14H2,2-3H3. The Morgan fingerprint density at radius 1 is 1.17 bits per heavy atom. The fraction of sp³-hybridized carbons (Fsp3) is 0.150. The number of carbonyl (C=O) groups is 1. The molecule has 0 bridgehead atoms. The molecule has 3 nitrogen and oxygen atoms in total. The molecule has 0 saturated carbocycles. The van der Waals surface area contributed by atoms with E-state index < -0.39 is 6.09 Å². The molecule has 0 aliphatic heterocycles. The highest BCUT2D eigenvalue weighted by atomic mass is 16.5. The molecule has 118 valence electrons. The van der Waals surface area contributed by atoms with Crippen LogP contribution in [0, 0.1) is 6.92 Å². The Bertz CT molecular complexity index is 719. The number of hydrogen-bond donors (Lipinski definition) is 0. The van der Waals surface area contributed by atoms with Crippen LogP contribution in [0.4, 0.5) is 10.5 Å². The van der Waals surface area contributed by atoms with Crippen molar-refractivity contribution in [3.63, 3.8) is 0 Å². The molecular weight excluding hydrogens is 286 g/mol. The molecule has 23 heavy (non-hydrogen) atoms. The molecule has 3 heteroatoms. The number of anilines is 1. The molecule has 2 aromatic carbocycles. The van der Waals surface area contributed by atoms with Crippen LogP contribution in [-0.2, 0) is 4.74 Å². The fourth-order valence-electron chi connectivity index (χ4n) is 2.34. The van der Waals surface area contributed by atoms with E-state index in [4.69, 9.17) is 4.74 Å². The van der Waals surface area contributed by atoms with Crippen molar-refractivity contribution in [1.82, 2.24) is 0 Å². The van der Waals surface area contributed by atoms with Crippen molar-refractivity contribution in [2.75, 3.05) is 18.6 Å². The van der Waals surface area contributed by atoms with Crippen LogP contribution in [0.2, 0.25) is 0 Å². The molecule has 2 rings (SSSR count). The van der Waals surface area contributed by atoms with Crippen molar-refractivity contribution in [1.29, 1.82) is 0 Å². The Balaban J connectivity index is 2.36. The molecule has 0 heterocycles. The lowest BCUT2D eigenvalue weighted by Crippen LogP contribution is -2.31. The van der Waals surface area contributed by atoms with Crippen LogP contribution in [0.3, 0.4) is 0 Å². The number of methoxy groups -OCH3 is 1. The van der Waals surface area contributed by atoms with E-state index in [9.17, 15) is 4.79 Å². The minimum absolute atomic E-state index is 0.391. The summed E-state index contributed by atoms with van der Waals surface area (Å²) in [6.07, 6.45) is 5.32. The molecule has 0 unspecified atom stereocenters. The van der Waals surface area contributed by atoms with Crippen LogP contribution < -0.4 is 4.90 Å². The largest absolute Gasteiger partial charge is 0.452 e. The number of hydrogen-bond acceptors (Lipinski definition) is 2. The third-order valence-electron chi connectivity index (χ3n) is 3.43. The van der Waals surface area contributed by atoms with Gasteiger partial charge in [0.2, 0.25) is 0 Å². The second kappa shape index (κ2) is 7.99. The Labute approximate surface area is 137 Å². The van der Waals surface area contributed by atoms with Gasteiger partial charge in [-0.05, 0) is 24.1 Å². The first-order valence-corrected chi connectivity index (χ1v) is 7.46. The highest BCUT2D eigenvalue weighted by Crippen LogP contribution is 2.23. The number of aryl methyl sites for hydroxylation is 1. The van der Waals surface area contributed by atoms with Crippen LogP contribution in [0.25, 0.3) is 12.2 Å². The van der Waals surface area contributed by atoms with Crippen LogP contribution in [0.1, 0.15) is 16.7 Å². The number of ether oxygens (including phenoxy) is 1. The lowest BCUT2D eigenvalue weighted by atomic mass is 10.1. The van der Waals surface area contributed by atoms with Gasteiger partial charge in [0.1, 0.15) is 0 Å². The molecular formula is C20H21NO2. The third kappa shape index (κ3) is 4.33. The predicted octanol–water partition coefficient (Wildman–Crippen LogP) is 4.92.